The average Bonchev–Trinajstić information content (AvgIpc) is 2.62. The van der Waals surface area contributed by atoms with Gasteiger partial charge >= 0.3 is 5.97 Å². The SMILES string of the molecule is CCc1c(C(=O)O)c(C)nc2sncc12. The molecule has 0 amide bonds. The van der Waals surface area contributed by atoms with Gasteiger partial charge in [0.25, 0.3) is 0 Å². The summed E-state index contributed by atoms with van der Waals surface area (Å²) in [4.78, 5) is 16.2. The number of fused-ring (bicyclic) bond motifs is 1. The third-order valence-electron chi connectivity index (χ3n) is 2.38. The Morgan fingerprint density at radius 2 is 2.33 bits per heavy atom. The van der Waals surface area contributed by atoms with E-state index >= 15 is 0 Å². The van der Waals surface area contributed by atoms with E-state index in [0.29, 0.717) is 17.7 Å². The fraction of sp³-hybridized carbons (Fsp3) is 0.300. The summed E-state index contributed by atoms with van der Waals surface area (Å²) < 4.78 is 4.04. The van der Waals surface area contributed by atoms with E-state index in [1.54, 1.807) is 13.1 Å². The summed E-state index contributed by atoms with van der Waals surface area (Å²) in [5.41, 5.74) is 1.72. The van der Waals surface area contributed by atoms with Crippen molar-refractivity contribution in [3.63, 3.8) is 0 Å². The molecule has 0 aliphatic carbocycles. The molecule has 2 heterocycles. The summed E-state index contributed by atoms with van der Waals surface area (Å²) in [5, 5.41) is 9.98. The summed E-state index contributed by atoms with van der Waals surface area (Å²) in [6.07, 6.45) is 2.37. The zero-order chi connectivity index (χ0) is 11.0. The number of pyridine rings is 1. The molecule has 0 aliphatic rings. The fourth-order valence-electron chi connectivity index (χ4n) is 1.73. The number of carbonyl (C=O) groups is 1. The minimum Gasteiger partial charge on any atom is -0.478 e. The van der Waals surface area contributed by atoms with Crippen molar-refractivity contribution in [2.75, 3.05) is 0 Å². The minimum atomic E-state index is -0.912. The topological polar surface area (TPSA) is 63.1 Å². The van der Waals surface area contributed by atoms with Crippen molar-refractivity contribution in [3.8, 4) is 0 Å². The molecule has 2 aromatic heterocycles. The Morgan fingerprint density at radius 1 is 1.60 bits per heavy atom. The maximum absolute atomic E-state index is 11.1. The summed E-state index contributed by atoms with van der Waals surface area (Å²) in [7, 11) is 0. The second-order valence-electron chi connectivity index (χ2n) is 3.25. The van der Waals surface area contributed by atoms with E-state index in [4.69, 9.17) is 5.11 Å². The lowest BCUT2D eigenvalue weighted by Gasteiger charge is -2.07. The summed E-state index contributed by atoms with van der Waals surface area (Å²) >= 11 is 1.30. The predicted molar refractivity (Wildman–Crippen MR) is 58.5 cm³/mol. The zero-order valence-electron chi connectivity index (χ0n) is 8.44. The largest absolute Gasteiger partial charge is 0.478 e. The van der Waals surface area contributed by atoms with Crippen molar-refractivity contribution in [2.45, 2.75) is 20.3 Å². The van der Waals surface area contributed by atoms with Crippen LogP contribution < -0.4 is 0 Å². The Bertz CT molecular complexity index is 533. The molecule has 5 heteroatoms. The number of carboxylic acids is 1. The molecule has 0 spiro atoms. The van der Waals surface area contributed by atoms with Crippen LogP contribution in [0.4, 0.5) is 0 Å². The molecule has 1 N–H and O–H groups in total. The number of aromatic carboxylic acids is 1. The van der Waals surface area contributed by atoms with E-state index in [1.165, 1.54) is 11.5 Å². The van der Waals surface area contributed by atoms with Crippen LogP contribution >= 0.6 is 11.5 Å². The predicted octanol–water partition coefficient (Wildman–Crippen LogP) is 2.26. The highest BCUT2D eigenvalue weighted by Crippen LogP contribution is 2.25. The molecule has 0 aromatic carbocycles. The second kappa shape index (κ2) is 3.58. The molecule has 15 heavy (non-hydrogen) atoms. The lowest BCUT2D eigenvalue weighted by atomic mass is 10.0. The first-order valence-electron chi connectivity index (χ1n) is 4.62. The fourth-order valence-corrected chi connectivity index (χ4v) is 2.44. The first-order chi connectivity index (χ1) is 7.15. The van der Waals surface area contributed by atoms with Gasteiger partial charge in [-0.1, -0.05) is 6.92 Å². The first kappa shape index (κ1) is 10.0. The van der Waals surface area contributed by atoms with E-state index in [9.17, 15) is 4.79 Å². The summed E-state index contributed by atoms with van der Waals surface area (Å²) in [5.74, 6) is -0.912. The number of hydrogen-bond acceptors (Lipinski definition) is 4. The van der Waals surface area contributed by atoms with Crippen molar-refractivity contribution in [3.05, 3.63) is 23.0 Å². The van der Waals surface area contributed by atoms with Gasteiger partial charge in [0.2, 0.25) is 0 Å². The van der Waals surface area contributed by atoms with E-state index < -0.39 is 5.97 Å². The molecule has 0 radical (unpaired) electrons. The van der Waals surface area contributed by atoms with Crippen molar-refractivity contribution in [1.29, 1.82) is 0 Å². The van der Waals surface area contributed by atoms with Crippen molar-refractivity contribution < 1.29 is 9.90 Å². The van der Waals surface area contributed by atoms with Gasteiger partial charge in [0.05, 0.1) is 17.5 Å². The lowest BCUT2D eigenvalue weighted by Crippen LogP contribution is -2.06. The van der Waals surface area contributed by atoms with Crippen molar-refractivity contribution in [1.82, 2.24) is 9.36 Å². The molecule has 0 aliphatic heterocycles. The van der Waals surface area contributed by atoms with Crippen LogP contribution in [-0.4, -0.2) is 20.4 Å². The molecule has 2 aromatic rings. The normalized spacial score (nSPS) is 10.8. The van der Waals surface area contributed by atoms with Gasteiger partial charge in [0, 0.05) is 5.39 Å². The Hall–Kier alpha value is -1.49. The molecule has 0 atom stereocenters. The quantitative estimate of drug-likeness (QED) is 0.846. The molecule has 0 unspecified atom stereocenters. The van der Waals surface area contributed by atoms with Gasteiger partial charge in [0.1, 0.15) is 4.83 Å². The van der Waals surface area contributed by atoms with Crippen LogP contribution in [0.1, 0.15) is 28.5 Å². The van der Waals surface area contributed by atoms with Crippen molar-refractivity contribution >= 4 is 27.7 Å². The molecule has 0 fully saturated rings. The van der Waals surface area contributed by atoms with Crippen LogP contribution in [0, 0.1) is 6.92 Å². The van der Waals surface area contributed by atoms with Crippen LogP contribution in [0.5, 0.6) is 0 Å². The van der Waals surface area contributed by atoms with Gasteiger partial charge < -0.3 is 5.11 Å². The molecular weight excluding hydrogens is 212 g/mol. The van der Waals surface area contributed by atoms with Crippen LogP contribution in [-0.2, 0) is 6.42 Å². The third-order valence-corrected chi connectivity index (χ3v) is 3.07. The molecule has 2 rings (SSSR count). The van der Waals surface area contributed by atoms with Crippen LogP contribution in [0.3, 0.4) is 0 Å². The third kappa shape index (κ3) is 1.48. The van der Waals surface area contributed by atoms with Gasteiger partial charge in [-0.05, 0) is 30.4 Å². The van der Waals surface area contributed by atoms with E-state index in [0.717, 1.165) is 15.8 Å². The van der Waals surface area contributed by atoms with E-state index in [-0.39, 0.29) is 0 Å². The number of carboxylic acid groups (broad SMARTS) is 1. The smallest absolute Gasteiger partial charge is 0.337 e. The van der Waals surface area contributed by atoms with Crippen LogP contribution in [0.15, 0.2) is 6.20 Å². The highest BCUT2D eigenvalue weighted by atomic mass is 32.1. The van der Waals surface area contributed by atoms with Gasteiger partial charge in [-0.2, -0.15) is 4.37 Å². The van der Waals surface area contributed by atoms with Gasteiger partial charge in [0.15, 0.2) is 0 Å². The Balaban J connectivity index is 2.88. The standard InChI is InChI=1S/C10H10N2O2S/c1-3-6-7-4-11-15-9(7)12-5(2)8(6)10(13)14/h4H,3H2,1-2H3,(H,13,14). The monoisotopic (exact) mass is 222 g/mol. The molecule has 0 saturated carbocycles. The first-order valence-corrected chi connectivity index (χ1v) is 5.39. The lowest BCUT2D eigenvalue weighted by molar-refractivity contribution is 0.0694. The number of aromatic nitrogens is 2. The Labute approximate surface area is 90.7 Å². The van der Waals surface area contributed by atoms with Crippen molar-refractivity contribution in [2.24, 2.45) is 0 Å². The van der Waals surface area contributed by atoms with Crippen LogP contribution in [0.25, 0.3) is 10.2 Å². The number of aryl methyl sites for hydroxylation is 2. The Morgan fingerprint density at radius 3 is 2.93 bits per heavy atom. The maximum Gasteiger partial charge on any atom is 0.337 e. The number of nitrogens with zero attached hydrogens (tertiary/aromatic N) is 2. The number of hydrogen-bond donors (Lipinski definition) is 1. The molecule has 0 bridgehead atoms. The highest BCUT2D eigenvalue weighted by molar-refractivity contribution is 7.12. The number of rotatable bonds is 2. The maximum atomic E-state index is 11.1. The highest BCUT2D eigenvalue weighted by Gasteiger charge is 2.17. The minimum absolute atomic E-state index is 0.324. The van der Waals surface area contributed by atoms with Gasteiger partial charge in [-0.15, -0.1) is 0 Å². The van der Waals surface area contributed by atoms with E-state index in [1.807, 2.05) is 6.92 Å². The van der Waals surface area contributed by atoms with Crippen LogP contribution in [0.2, 0.25) is 0 Å². The second-order valence-corrected chi connectivity index (χ2v) is 4.03. The van der Waals surface area contributed by atoms with E-state index in [2.05, 4.69) is 9.36 Å². The molecular formula is C10H10N2O2S. The molecule has 78 valence electrons. The Kier molecular flexibility index (Phi) is 2.40. The summed E-state index contributed by atoms with van der Waals surface area (Å²) in [6.45, 7) is 3.67. The summed E-state index contributed by atoms with van der Waals surface area (Å²) in [6, 6.07) is 0. The average molecular weight is 222 g/mol. The molecule has 4 nitrogen and oxygen atoms in total. The zero-order valence-corrected chi connectivity index (χ0v) is 9.26. The van der Waals surface area contributed by atoms with Gasteiger partial charge in [-0.25, -0.2) is 9.78 Å². The van der Waals surface area contributed by atoms with Gasteiger partial charge in [-0.3, -0.25) is 0 Å². The molecule has 0 saturated heterocycles.